The molecule has 120 valence electrons. The molecule has 1 fully saturated rings. The minimum atomic E-state index is -0.551. The normalized spacial score (nSPS) is 18.9. The third kappa shape index (κ3) is 4.44. The summed E-state index contributed by atoms with van der Waals surface area (Å²) in [5, 5.41) is 0. The van der Waals surface area contributed by atoms with Gasteiger partial charge in [-0.2, -0.15) is 0 Å². The number of hydrogen-bond donors (Lipinski definition) is 0. The van der Waals surface area contributed by atoms with E-state index in [0.29, 0.717) is 18.5 Å². The summed E-state index contributed by atoms with van der Waals surface area (Å²) in [6.07, 6.45) is 2.18. The van der Waals surface area contributed by atoms with Crippen LogP contribution in [-0.4, -0.2) is 35.0 Å². The number of nitrogens with zero attached hydrogens (tertiary/aromatic N) is 1. The molecule has 4 nitrogen and oxygen atoms in total. The molecular formula is C17H22INO3. The van der Waals surface area contributed by atoms with Crippen molar-refractivity contribution in [1.29, 1.82) is 0 Å². The molecule has 1 aliphatic rings. The van der Waals surface area contributed by atoms with Crippen LogP contribution in [0.4, 0.5) is 4.79 Å². The van der Waals surface area contributed by atoms with E-state index in [1.165, 1.54) is 0 Å². The summed E-state index contributed by atoms with van der Waals surface area (Å²) in [6.45, 7) is 6.09. The Morgan fingerprint density at radius 3 is 2.64 bits per heavy atom. The number of ketones is 1. The number of likely N-dealkylation sites (tertiary alicyclic amines) is 1. The number of piperidine rings is 1. The largest absolute Gasteiger partial charge is 0.444 e. The van der Waals surface area contributed by atoms with Crippen LogP contribution in [0.25, 0.3) is 0 Å². The predicted molar refractivity (Wildman–Crippen MR) is 94.1 cm³/mol. The monoisotopic (exact) mass is 415 g/mol. The molecule has 0 N–H and O–H groups in total. The molecule has 1 aromatic rings. The van der Waals surface area contributed by atoms with Gasteiger partial charge < -0.3 is 4.74 Å². The van der Waals surface area contributed by atoms with Gasteiger partial charge in [-0.05, 0) is 74.8 Å². The first-order chi connectivity index (χ1) is 10.3. The fourth-order valence-electron chi connectivity index (χ4n) is 2.58. The van der Waals surface area contributed by atoms with Gasteiger partial charge in [-0.25, -0.2) is 4.79 Å². The molecule has 1 aliphatic heterocycles. The molecule has 1 aromatic carbocycles. The minimum absolute atomic E-state index is 0.00377. The minimum Gasteiger partial charge on any atom is -0.444 e. The molecule has 1 saturated heterocycles. The number of rotatable bonds is 2. The lowest BCUT2D eigenvalue weighted by molar-refractivity contribution is 0.0105. The van der Waals surface area contributed by atoms with Crippen LogP contribution in [-0.2, 0) is 4.74 Å². The Balaban J connectivity index is 2.19. The Bertz CT molecular complexity index is 565. The second-order valence-electron chi connectivity index (χ2n) is 6.56. The highest BCUT2D eigenvalue weighted by Gasteiger charge is 2.35. The van der Waals surface area contributed by atoms with E-state index in [1.807, 2.05) is 45.0 Å². The summed E-state index contributed by atoms with van der Waals surface area (Å²) in [7, 11) is 0. The Morgan fingerprint density at radius 1 is 1.27 bits per heavy atom. The SMILES string of the molecule is CC(C)(C)OC(=O)N1CCCCC1C(=O)c1cccc(I)c1. The molecule has 1 atom stereocenters. The zero-order valence-corrected chi connectivity index (χ0v) is 15.4. The molecule has 5 heteroatoms. The second-order valence-corrected chi connectivity index (χ2v) is 7.81. The van der Waals surface area contributed by atoms with Gasteiger partial charge in [0.15, 0.2) is 5.78 Å². The number of hydrogen-bond acceptors (Lipinski definition) is 3. The highest BCUT2D eigenvalue weighted by molar-refractivity contribution is 14.1. The smallest absolute Gasteiger partial charge is 0.410 e. The van der Waals surface area contributed by atoms with Crippen LogP contribution in [0.5, 0.6) is 0 Å². The van der Waals surface area contributed by atoms with Crippen LogP contribution in [0.15, 0.2) is 24.3 Å². The first-order valence-corrected chi connectivity index (χ1v) is 8.65. The molecule has 0 aromatic heterocycles. The summed E-state index contributed by atoms with van der Waals surface area (Å²) < 4.78 is 6.47. The van der Waals surface area contributed by atoms with Crippen molar-refractivity contribution < 1.29 is 14.3 Å². The van der Waals surface area contributed by atoms with Crippen molar-refractivity contribution in [3.8, 4) is 0 Å². The number of amides is 1. The van der Waals surface area contributed by atoms with Gasteiger partial charge in [0.25, 0.3) is 0 Å². The summed E-state index contributed by atoms with van der Waals surface area (Å²) in [6, 6.07) is 7.08. The van der Waals surface area contributed by atoms with E-state index in [1.54, 1.807) is 4.90 Å². The zero-order valence-electron chi connectivity index (χ0n) is 13.3. The molecule has 0 saturated carbocycles. The fraction of sp³-hybridized carbons (Fsp3) is 0.529. The lowest BCUT2D eigenvalue weighted by Crippen LogP contribution is -2.49. The number of benzene rings is 1. The Kier molecular flexibility index (Phi) is 5.47. The van der Waals surface area contributed by atoms with Crippen LogP contribution in [0.1, 0.15) is 50.4 Å². The third-order valence-corrected chi connectivity index (χ3v) is 4.21. The molecule has 22 heavy (non-hydrogen) atoms. The second kappa shape index (κ2) is 6.98. The van der Waals surface area contributed by atoms with Crippen molar-refractivity contribution in [1.82, 2.24) is 4.90 Å². The molecular weight excluding hydrogens is 393 g/mol. The van der Waals surface area contributed by atoms with Crippen LogP contribution < -0.4 is 0 Å². The fourth-order valence-corrected chi connectivity index (χ4v) is 3.12. The lowest BCUT2D eigenvalue weighted by atomic mass is 9.95. The molecule has 0 radical (unpaired) electrons. The molecule has 0 bridgehead atoms. The molecule has 1 unspecified atom stereocenters. The van der Waals surface area contributed by atoms with E-state index >= 15 is 0 Å². The van der Waals surface area contributed by atoms with E-state index in [4.69, 9.17) is 4.74 Å². The van der Waals surface area contributed by atoms with Crippen molar-refractivity contribution in [2.75, 3.05) is 6.54 Å². The average molecular weight is 415 g/mol. The maximum Gasteiger partial charge on any atom is 0.410 e. The number of carbonyl (C=O) groups excluding carboxylic acids is 2. The number of carbonyl (C=O) groups is 2. The van der Waals surface area contributed by atoms with Crippen molar-refractivity contribution in [2.45, 2.75) is 51.7 Å². The van der Waals surface area contributed by atoms with Gasteiger partial charge in [0, 0.05) is 15.7 Å². The Hall–Kier alpha value is -1.11. The van der Waals surface area contributed by atoms with Gasteiger partial charge >= 0.3 is 6.09 Å². The average Bonchev–Trinajstić information content (AvgIpc) is 2.44. The molecule has 0 aliphatic carbocycles. The van der Waals surface area contributed by atoms with E-state index < -0.39 is 17.7 Å². The van der Waals surface area contributed by atoms with Gasteiger partial charge in [0.1, 0.15) is 5.60 Å². The maximum atomic E-state index is 12.8. The summed E-state index contributed by atoms with van der Waals surface area (Å²) >= 11 is 2.19. The Labute approximate surface area is 145 Å². The van der Waals surface area contributed by atoms with Crippen LogP contribution in [0.3, 0.4) is 0 Å². The predicted octanol–water partition coefficient (Wildman–Crippen LogP) is 4.26. The van der Waals surface area contributed by atoms with Gasteiger partial charge in [0.2, 0.25) is 0 Å². The zero-order chi connectivity index (χ0) is 16.3. The topological polar surface area (TPSA) is 46.6 Å². The van der Waals surface area contributed by atoms with Crippen molar-refractivity contribution in [2.24, 2.45) is 0 Å². The van der Waals surface area contributed by atoms with E-state index in [-0.39, 0.29) is 5.78 Å². The van der Waals surface area contributed by atoms with E-state index in [0.717, 1.165) is 16.4 Å². The third-order valence-electron chi connectivity index (χ3n) is 3.54. The number of halogens is 1. The van der Waals surface area contributed by atoms with Crippen LogP contribution in [0, 0.1) is 3.57 Å². The highest BCUT2D eigenvalue weighted by Crippen LogP contribution is 2.24. The standard InChI is InChI=1S/C17H22INO3/c1-17(2,3)22-16(21)19-10-5-4-9-14(19)15(20)12-7-6-8-13(18)11-12/h6-8,11,14H,4-5,9-10H2,1-3H3. The summed E-state index contributed by atoms with van der Waals surface area (Å²) in [4.78, 5) is 26.8. The van der Waals surface area contributed by atoms with Gasteiger partial charge in [-0.3, -0.25) is 9.69 Å². The number of Topliss-reactive ketones (excluding diaryl/α,β-unsaturated/α-hetero) is 1. The molecule has 2 rings (SSSR count). The van der Waals surface area contributed by atoms with Gasteiger partial charge in [0.05, 0.1) is 6.04 Å². The number of ether oxygens (including phenoxy) is 1. The van der Waals surface area contributed by atoms with Gasteiger partial charge in [-0.1, -0.05) is 12.1 Å². The quantitative estimate of drug-likeness (QED) is 0.536. The Morgan fingerprint density at radius 2 is 2.00 bits per heavy atom. The first kappa shape index (κ1) is 17.2. The molecule has 1 amide bonds. The highest BCUT2D eigenvalue weighted by atomic mass is 127. The summed E-state index contributed by atoms with van der Waals surface area (Å²) in [5.41, 5.74) is 0.108. The van der Waals surface area contributed by atoms with Crippen LogP contribution in [0.2, 0.25) is 0 Å². The molecule has 0 spiro atoms. The van der Waals surface area contributed by atoms with E-state index in [9.17, 15) is 9.59 Å². The maximum absolute atomic E-state index is 12.8. The van der Waals surface area contributed by atoms with Gasteiger partial charge in [-0.15, -0.1) is 0 Å². The van der Waals surface area contributed by atoms with E-state index in [2.05, 4.69) is 22.6 Å². The van der Waals surface area contributed by atoms with Crippen molar-refractivity contribution >= 4 is 34.5 Å². The molecule has 1 heterocycles. The van der Waals surface area contributed by atoms with Crippen molar-refractivity contribution in [3.05, 3.63) is 33.4 Å². The van der Waals surface area contributed by atoms with Crippen molar-refractivity contribution in [3.63, 3.8) is 0 Å². The van der Waals surface area contributed by atoms with Crippen LogP contribution >= 0.6 is 22.6 Å². The lowest BCUT2D eigenvalue weighted by Gasteiger charge is -2.35. The summed E-state index contributed by atoms with van der Waals surface area (Å²) in [5.74, 6) is 0.00377. The first-order valence-electron chi connectivity index (χ1n) is 7.57.